The second kappa shape index (κ2) is 48.3. The molecule has 3 aromatic rings. The number of carbonyl (C=O) groups is 3. The fourth-order valence-electron chi connectivity index (χ4n) is 10.6. The number of hydrogen-bond donors (Lipinski definition) is 6. The predicted octanol–water partition coefficient (Wildman–Crippen LogP) is 10.8. The molecule has 0 amide bonds. The maximum atomic E-state index is 13.0. The Hall–Kier alpha value is -4.12. The number of halogens is 6. The quantitative estimate of drug-likeness (QED) is 0.0226. The van der Waals surface area contributed by atoms with Crippen LogP contribution in [-0.2, 0) is 81.7 Å². The summed E-state index contributed by atoms with van der Waals surface area (Å²) >= 11 is 39.2. The molecule has 0 saturated carbocycles. The molecule has 1 aliphatic heterocycles. The molecule has 578 valence electrons. The number of phenols is 1. The van der Waals surface area contributed by atoms with Gasteiger partial charge in [0.25, 0.3) is 5.56 Å². The summed E-state index contributed by atoms with van der Waals surface area (Å²) < 4.78 is 97.2. The highest BCUT2D eigenvalue weighted by atomic mass is 35.5. The van der Waals surface area contributed by atoms with Crippen LogP contribution in [0.5, 0.6) is 11.5 Å². The smallest absolute Gasteiger partial charge is 0.472 e. The minimum Gasteiger partial charge on any atom is -0.505 e. The first-order valence-corrected chi connectivity index (χ1v) is 37.9. The summed E-state index contributed by atoms with van der Waals surface area (Å²) in [6.45, 7) is 12.9. The minimum atomic E-state index is -4.43. The number of carboxylic acid groups (broad SMARTS) is 2. The lowest BCUT2D eigenvalue weighted by atomic mass is 9.76. The van der Waals surface area contributed by atoms with Crippen LogP contribution in [0, 0.1) is 6.92 Å². The van der Waals surface area contributed by atoms with Crippen molar-refractivity contribution < 1.29 is 115 Å². The number of phosphoric acid groups is 1. The van der Waals surface area contributed by atoms with Gasteiger partial charge in [0.1, 0.15) is 17.9 Å². The molecule has 2 heterocycles. The van der Waals surface area contributed by atoms with E-state index in [0.29, 0.717) is 158 Å². The molecule has 1 aromatic heterocycles. The van der Waals surface area contributed by atoms with E-state index >= 15 is 0 Å². The Bertz CT molecular complexity index is 3460. The number of aromatic nitrogens is 2. The van der Waals surface area contributed by atoms with Gasteiger partial charge in [-0.05, 0) is 118 Å². The summed E-state index contributed by atoms with van der Waals surface area (Å²) in [6, 6.07) is 1.30. The minimum absolute atomic E-state index is 0.0202. The fourth-order valence-corrected chi connectivity index (χ4v) is 13.1. The lowest BCUT2D eigenvalue weighted by Gasteiger charge is -2.30. The number of aliphatic hydroxyl groups excluding tert-OH is 1. The van der Waals surface area contributed by atoms with Crippen LogP contribution >= 0.6 is 77.4 Å². The highest BCUT2D eigenvalue weighted by molar-refractivity contribution is 7.47. The third kappa shape index (κ3) is 29.4. The molecule has 0 radical (unpaired) electrons. The number of nitrogens with one attached hydrogen (secondary N) is 1. The first-order valence-electron chi connectivity index (χ1n) is 34.2. The molecule has 2 aromatic carbocycles. The second-order valence-electron chi connectivity index (χ2n) is 23.7. The summed E-state index contributed by atoms with van der Waals surface area (Å²) in [5.74, 6) is -4.88. The predicted molar refractivity (Wildman–Crippen MR) is 382 cm³/mol. The fraction of sp³-hybridized carbons (Fsp3) is 0.632. The average molecular weight is 1600 g/mol. The lowest BCUT2D eigenvalue weighted by molar-refractivity contribution is -0.111. The largest absolute Gasteiger partial charge is 0.505 e. The Morgan fingerprint density at radius 1 is 0.583 bits per heavy atom. The number of aromatic hydroxyl groups is 1. The van der Waals surface area contributed by atoms with Gasteiger partial charge in [-0.2, -0.15) is 0 Å². The molecule has 4 atom stereocenters. The molecule has 4 unspecified atom stereocenters. The summed E-state index contributed by atoms with van der Waals surface area (Å²) in [6.07, 6.45) is 7.78. The van der Waals surface area contributed by atoms with E-state index in [1.54, 1.807) is 0 Å². The third-order valence-corrected chi connectivity index (χ3v) is 18.8. The summed E-state index contributed by atoms with van der Waals surface area (Å²) in [4.78, 5) is 74.7. The van der Waals surface area contributed by atoms with Crippen LogP contribution < -0.4 is 16.0 Å². The van der Waals surface area contributed by atoms with Crippen molar-refractivity contribution in [2.45, 2.75) is 115 Å². The number of phosphoric ester groups is 1. The van der Waals surface area contributed by atoms with Crippen molar-refractivity contribution in [2.75, 3.05) is 165 Å². The Kier molecular flexibility index (Phi) is 41.2. The molecule has 6 rings (SSSR count). The first-order chi connectivity index (χ1) is 49.6. The van der Waals surface area contributed by atoms with Crippen molar-refractivity contribution in [3.05, 3.63) is 114 Å². The topological polar surface area (TPSA) is 363 Å². The number of allylic oxidation sites excluding steroid dienone is 5. The van der Waals surface area contributed by atoms with Gasteiger partial charge < -0.3 is 86.9 Å². The zero-order valence-corrected chi connectivity index (χ0v) is 62.9. The van der Waals surface area contributed by atoms with Crippen LogP contribution in [0.25, 0.3) is 5.57 Å². The van der Waals surface area contributed by atoms with E-state index in [1.165, 1.54) is 25.3 Å². The number of ketones is 1. The number of fused-ring (bicyclic) bond motifs is 2. The Morgan fingerprint density at radius 3 is 1.41 bits per heavy atom. The Balaban J connectivity index is 0.632. The zero-order chi connectivity index (χ0) is 74.5. The Labute approximate surface area is 627 Å². The molecule has 0 spiro atoms. The van der Waals surface area contributed by atoms with Gasteiger partial charge in [0.05, 0.1) is 61.6 Å². The number of carbonyl (C=O) groups excluding carboxylic acids is 1. The molecule has 35 heteroatoms. The molecule has 0 bridgehead atoms. The van der Waals surface area contributed by atoms with Crippen molar-refractivity contribution in [3.8, 4) is 11.5 Å². The highest BCUT2D eigenvalue weighted by Gasteiger charge is 2.40. The van der Waals surface area contributed by atoms with Crippen LogP contribution in [0.15, 0.2) is 49.1 Å². The number of nitrogens with zero attached hydrogens (tertiary/aromatic N) is 1. The summed E-state index contributed by atoms with van der Waals surface area (Å²) in [5.41, 5.74) is -1.98. The normalized spacial score (nSPS) is 16.6. The van der Waals surface area contributed by atoms with Gasteiger partial charge >= 0.3 is 25.5 Å². The molecule has 1 saturated heterocycles. The molecule has 3 aliphatic rings. The molecule has 2 aliphatic carbocycles. The van der Waals surface area contributed by atoms with E-state index in [4.69, 9.17) is 140 Å². The second-order valence-corrected chi connectivity index (χ2v) is 27.4. The SMILES string of the molecule is Cc1cn(C2CC(O)C(COP(=O)(O)OCCCOCCCOCCCOCCCOCCCOCCCOCCCOCCCOCCCOCCCOCCCOCCCOc3c(Cl)c(C(=O)O)c(C4=C5C=C(Cl)C(=O)C(Cl)=C5Cc5c4cc(Cl)c(O)c5Cl)c(Cl)c3C(=O)O)O2)c(=O)[nH]c1=O. The number of rotatable bonds is 57. The lowest BCUT2D eigenvalue weighted by Crippen LogP contribution is -2.33. The van der Waals surface area contributed by atoms with Gasteiger partial charge in [-0.3, -0.25) is 28.2 Å². The van der Waals surface area contributed by atoms with Gasteiger partial charge in [0.15, 0.2) is 11.5 Å². The van der Waals surface area contributed by atoms with Crippen LogP contribution in [-0.4, -0.2) is 230 Å². The number of aryl methyl sites for hydroxylation is 1. The van der Waals surface area contributed by atoms with Gasteiger partial charge in [-0.15, -0.1) is 0 Å². The van der Waals surface area contributed by atoms with Gasteiger partial charge in [0, 0.05) is 182 Å². The van der Waals surface area contributed by atoms with E-state index in [-0.39, 0.29) is 98.2 Å². The number of benzene rings is 2. The number of ether oxygens (including phenoxy) is 13. The van der Waals surface area contributed by atoms with Crippen LogP contribution in [0.1, 0.15) is 133 Å². The van der Waals surface area contributed by atoms with E-state index in [1.807, 2.05) is 0 Å². The number of aliphatic hydroxyl groups is 1. The van der Waals surface area contributed by atoms with Gasteiger partial charge in [-0.1, -0.05) is 69.6 Å². The standard InChI is InChI=1S/C68H93Cl6N2O26P/c1-44-42-76(68(85)75-65(44)80)53-41-51(77)52(102-53)43-101-103(86,87)100-37-13-35-98-33-11-31-96-29-9-27-94-25-7-23-92-21-5-19-90-17-3-15-88-14-2-16-89-18-4-20-91-22-6-24-93-26-8-28-95-30-10-32-97-34-12-36-99-64-57(67(83)84)60(73)55(56(61(64)74)66(81)82)54-45-39-49(69)62(78)58(71)47(45)38-48-46(54)40-50(70)63(79)59(48)72/h39-40,42,51-53,77-78H,2-38,41,43H2,1H3,(H,81,82)(H,83,84)(H,86,87)(H,75,80,85). The highest BCUT2D eigenvalue weighted by Crippen LogP contribution is 2.54. The molecular weight excluding hydrogens is 1500 g/mol. The number of hydrogen-bond acceptors (Lipinski definition) is 23. The van der Waals surface area contributed by atoms with E-state index in [2.05, 4.69) is 4.98 Å². The number of aromatic amines is 1. The number of carboxylic acids is 2. The van der Waals surface area contributed by atoms with Gasteiger partial charge in [0.2, 0.25) is 5.78 Å². The van der Waals surface area contributed by atoms with Crippen LogP contribution in [0.4, 0.5) is 0 Å². The van der Waals surface area contributed by atoms with Crippen molar-refractivity contribution >= 4 is 101 Å². The molecule has 1 fully saturated rings. The van der Waals surface area contributed by atoms with Crippen molar-refractivity contribution in [1.82, 2.24) is 9.55 Å². The number of aromatic carboxylic acids is 2. The maximum Gasteiger partial charge on any atom is 0.472 e. The first kappa shape index (κ1) is 87.8. The summed E-state index contributed by atoms with van der Waals surface area (Å²) in [5, 5.41) is 39.8. The van der Waals surface area contributed by atoms with Crippen molar-refractivity contribution in [1.29, 1.82) is 0 Å². The molecule has 6 N–H and O–H groups in total. The number of Topliss-reactive ketones (excluding diaryl/α,β-unsaturated/α-hetero) is 1. The molecular formula is C68H93Cl6N2O26P. The average Bonchev–Trinajstić information content (AvgIpc) is 1.05. The molecule has 103 heavy (non-hydrogen) atoms. The zero-order valence-electron chi connectivity index (χ0n) is 57.5. The van der Waals surface area contributed by atoms with Crippen molar-refractivity contribution in [2.24, 2.45) is 0 Å². The monoisotopic (exact) mass is 1590 g/mol. The maximum absolute atomic E-state index is 13.0. The summed E-state index contributed by atoms with van der Waals surface area (Å²) in [7, 11) is -4.43. The Morgan fingerprint density at radius 2 is 0.990 bits per heavy atom. The van der Waals surface area contributed by atoms with E-state index < -0.39 is 94.5 Å². The van der Waals surface area contributed by atoms with E-state index in [0.717, 1.165) is 55.9 Å². The molecule has 28 nitrogen and oxygen atoms in total. The van der Waals surface area contributed by atoms with Crippen LogP contribution in [0.3, 0.4) is 0 Å². The van der Waals surface area contributed by atoms with Gasteiger partial charge in [-0.25, -0.2) is 18.9 Å². The third-order valence-electron chi connectivity index (χ3n) is 15.7. The number of H-pyrrole nitrogens is 1. The number of phenolic OH excluding ortho intramolecular Hbond substituents is 1. The van der Waals surface area contributed by atoms with Crippen molar-refractivity contribution in [3.63, 3.8) is 0 Å². The van der Waals surface area contributed by atoms with E-state index in [9.17, 15) is 53.9 Å². The van der Waals surface area contributed by atoms with Crippen LogP contribution in [0.2, 0.25) is 20.1 Å².